The molecule has 0 aromatic heterocycles. The molecular weight excluding hydrogens is 108 g/mol. The summed E-state index contributed by atoms with van der Waals surface area (Å²) < 4.78 is 0. The molecule has 1 rings (SSSR count). The molecule has 0 nitrogen and oxygen atoms in total. The summed E-state index contributed by atoms with van der Waals surface area (Å²) in [5.41, 5.74) is 1.65. The first-order valence-corrected chi connectivity index (χ1v) is 3.99. The first kappa shape index (κ1) is 8.74. The van der Waals surface area contributed by atoms with E-state index in [2.05, 4.69) is 26.8 Å². The van der Waals surface area contributed by atoms with Gasteiger partial charge in [0.2, 0.25) is 0 Å². The molecule has 0 saturated heterocycles. The summed E-state index contributed by atoms with van der Waals surface area (Å²) in [6.07, 6.45) is 7.65. The molecule has 0 aromatic carbocycles. The smallest absolute Gasteiger partial charge is 0.0317 e. The topological polar surface area (TPSA) is 0 Å². The van der Waals surface area contributed by atoms with E-state index < -0.39 is 0 Å². The molecule has 9 heavy (non-hydrogen) atoms. The summed E-state index contributed by atoms with van der Waals surface area (Å²) in [5.74, 6) is 0. The van der Waals surface area contributed by atoms with Crippen LogP contribution in [0.2, 0.25) is 0 Å². The zero-order valence-corrected chi connectivity index (χ0v) is 6.91. The molecule has 0 radical (unpaired) electrons. The Morgan fingerprint density at radius 3 is 1.78 bits per heavy atom. The molecule has 1 saturated carbocycles. The lowest BCUT2D eigenvalue weighted by Crippen LogP contribution is -1.94. The van der Waals surface area contributed by atoms with Gasteiger partial charge in [-0.25, -0.2) is 0 Å². The van der Waals surface area contributed by atoms with Crippen LogP contribution < -0.4 is 0 Å². The van der Waals surface area contributed by atoms with Crippen LogP contribution in [0.3, 0.4) is 0 Å². The van der Waals surface area contributed by atoms with Crippen molar-refractivity contribution in [1.29, 1.82) is 0 Å². The molecule has 0 atom stereocenters. The highest BCUT2D eigenvalue weighted by Crippen LogP contribution is 2.24. The van der Waals surface area contributed by atoms with Crippen LogP contribution in [-0.4, -0.2) is 0 Å². The number of rotatable bonds is 0. The van der Waals surface area contributed by atoms with Crippen LogP contribution in [-0.2, 0) is 0 Å². The van der Waals surface area contributed by atoms with Crippen LogP contribution in [0.5, 0.6) is 0 Å². The second kappa shape index (κ2) is 5.87. The Morgan fingerprint density at radius 2 is 1.78 bits per heavy atom. The highest BCUT2D eigenvalue weighted by molar-refractivity contribution is 5.07. The Labute approximate surface area is 59.0 Å². The molecule has 1 aliphatic rings. The lowest BCUT2D eigenvalue weighted by molar-refractivity contribution is 0.661. The average Bonchev–Trinajstić information content (AvgIpc) is 1.64. The molecule has 0 heteroatoms. The van der Waals surface area contributed by atoms with E-state index in [1.807, 2.05) is 0 Å². The van der Waals surface area contributed by atoms with Gasteiger partial charge in [-0.2, -0.15) is 0 Å². The van der Waals surface area contributed by atoms with Crippen molar-refractivity contribution >= 4 is 0 Å². The van der Waals surface area contributed by atoms with Crippen molar-refractivity contribution in [2.24, 2.45) is 0 Å². The van der Waals surface area contributed by atoms with Crippen molar-refractivity contribution in [3.05, 3.63) is 11.6 Å². The maximum absolute atomic E-state index is 2.23. The Balaban J connectivity index is 0.000000187. The molecule has 0 aliphatic heterocycles. The fraction of sp³-hybridized carbons (Fsp3) is 0.778. The molecule has 1 aliphatic carbocycles. The Kier molecular flexibility index (Phi) is 5.70. The van der Waals surface area contributed by atoms with Crippen molar-refractivity contribution in [3.8, 4) is 0 Å². The van der Waals surface area contributed by atoms with E-state index in [0.29, 0.717) is 0 Å². The zero-order chi connectivity index (χ0) is 7.11. The van der Waals surface area contributed by atoms with E-state index in [4.69, 9.17) is 0 Å². The van der Waals surface area contributed by atoms with Gasteiger partial charge in [0, 0.05) is 0 Å². The quantitative estimate of drug-likeness (QED) is 0.435. The predicted molar refractivity (Wildman–Crippen MR) is 43.6 cm³/mol. The van der Waals surface area contributed by atoms with Crippen LogP contribution in [0, 0.1) is 0 Å². The molecule has 1 fully saturated rings. The van der Waals surface area contributed by atoms with Gasteiger partial charge in [-0.05, 0) is 26.2 Å². The van der Waals surface area contributed by atoms with Gasteiger partial charge in [0.05, 0.1) is 0 Å². The van der Waals surface area contributed by atoms with Crippen LogP contribution in [0.1, 0.15) is 46.5 Å². The molecular formula is C9H18. The maximum Gasteiger partial charge on any atom is -0.0317 e. The lowest BCUT2D eigenvalue weighted by atomic mass is 9.93. The predicted octanol–water partition coefficient (Wildman–Crippen LogP) is 3.53. The third-order valence-corrected chi connectivity index (χ3v) is 1.40. The molecule has 0 bridgehead atoms. The first-order chi connectivity index (χ1) is 4.35. The molecule has 0 aromatic rings. The molecule has 0 heterocycles. The maximum atomic E-state index is 2.23. The SMILES string of the molecule is CC=C1CCC1.CCC. The van der Waals surface area contributed by atoms with Gasteiger partial charge in [-0.3, -0.25) is 0 Å². The van der Waals surface area contributed by atoms with Gasteiger partial charge in [-0.15, -0.1) is 0 Å². The lowest BCUT2D eigenvalue weighted by Gasteiger charge is -2.13. The molecule has 0 spiro atoms. The summed E-state index contributed by atoms with van der Waals surface area (Å²) in [4.78, 5) is 0. The third kappa shape index (κ3) is 4.26. The van der Waals surface area contributed by atoms with Gasteiger partial charge < -0.3 is 0 Å². The molecule has 0 unspecified atom stereocenters. The van der Waals surface area contributed by atoms with Crippen LogP contribution in [0.25, 0.3) is 0 Å². The summed E-state index contributed by atoms with van der Waals surface area (Å²) in [5, 5.41) is 0. The van der Waals surface area contributed by atoms with Crippen LogP contribution in [0.4, 0.5) is 0 Å². The highest BCUT2D eigenvalue weighted by atomic mass is 14.1. The van der Waals surface area contributed by atoms with Gasteiger partial charge in [-0.1, -0.05) is 31.9 Å². The Morgan fingerprint density at radius 1 is 1.33 bits per heavy atom. The standard InChI is InChI=1S/C6H10.C3H8/c1-2-6-4-3-5-6;1-3-2/h2H,3-5H2,1H3;3H2,1-2H3. The van der Waals surface area contributed by atoms with E-state index >= 15 is 0 Å². The minimum Gasteiger partial charge on any atom is -0.0885 e. The van der Waals surface area contributed by atoms with Crippen molar-refractivity contribution in [1.82, 2.24) is 0 Å². The van der Waals surface area contributed by atoms with Gasteiger partial charge in [0.1, 0.15) is 0 Å². The number of hydrogen-bond donors (Lipinski definition) is 0. The Hall–Kier alpha value is -0.260. The number of hydrogen-bond acceptors (Lipinski definition) is 0. The van der Waals surface area contributed by atoms with E-state index in [1.165, 1.54) is 25.7 Å². The van der Waals surface area contributed by atoms with Gasteiger partial charge in [0.15, 0.2) is 0 Å². The van der Waals surface area contributed by atoms with E-state index in [-0.39, 0.29) is 0 Å². The fourth-order valence-corrected chi connectivity index (χ4v) is 0.670. The molecule has 0 N–H and O–H groups in total. The second-order valence-electron chi connectivity index (χ2n) is 2.51. The summed E-state index contributed by atoms with van der Waals surface area (Å²) in [7, 11) is 0. The van der Waals surface area contributed by atoms with E-state index in [9.17, 15) is 0 Å². The van der Waals surface area contributed by atoms with Crippen LogP contribution >= 0.6 is 0 Å². The Bertz CT molecular complexity index is 74.0. The van der Waals surface area contributed by atoms with Crippen molar-refractivity contribution in [2.75, 3.05) is 0 Å². The summed E-state index contributed by atoms with van der Waals surface area (Å²) in [6.45, 7) is 6.37. The summed E-state index contributed by atoms with van der Waals surface area (Å²) >= 11 is 0. The fourth-order valence-electron chi connectivity index (χ4n) is 0.670. The van der Waals surface area contributed by atoms with Gasteiger partial charge >= 0.3 is 0 Å². The minimum absolute atomic E-state index is 1.25. The van der Waals surface area contributed by atoms with Crippen molar-refractivity contribution < 1.29 is 0 Å². The summed E-state index contributed by atoms with van der Waals surface area (Å²) in [6, 6.07) is 0. The largest absolute Gasteiger partial charge is 0.0885 e. The average molecular weight is 126 g/mol. The number of allylic oxidation sites excluding steroid dienone is 2. The molecule has 0 amide bonds. The highest BCUT2D eigenvalue weighted by Gasteiger charge is 2.04. The monoisotopic (exact) mass is 126 g/mol. The second-order valence-corrected chi connectivity index (χ2v) is 2.51. The van der Waals surface area contributed by atoms with E-state index in [1.54, 1.807) is 5.57 Å². The molecule has 54 valence electrons. The van der Waals surface area contributed by atoms with E-state index in [0.717, 1.165) is 0 Å². The van der Waals surface area contributed by atoms with Crippen molar-refractivity contribution in [3.63, 3.8) is 0 Å². The first-order valence-electron chi connectivity index (χ1n) is 3.99. The normalized spacial score (nSPS) is 15.2. The van der Waals surface area contributed by atoms with Gasteiger partial charge in [0.25, 0.3) is 0 Å². The third-order valence-electron chi connectivity index (χ3n) is 1.40. The van der Waals surface area contributed by atoms with Crippen molar-refractivity contribution in [2.45, 2.75) is 46.5 Å². The minimum atomic E-state index is 1.25. The van der Waals surface area contributed by atoms with Crippen LogP contribution in [0.15, 0.2) is 11.6 Å². The zero-order valence-electron chi connectivity index (χ0n) is 6.91.